The molecule has 0 aliphatic carbocycles. The normalized spacial score (nSPS) is 14.7. The summed E-state index contributed by atoms with van der Waals surface area (Å²) in [5, 5.41) is 22.1. The van der Waals surface area contributed by atoms with Crippen LogP contribution in [0.5, 0.6) is 5.75 Å². The molecule has 2 aromatic carbocycles. The number of ether oxygens (including phenoxy) is 1. The van der Waals surface area contributed by atoms with E-state index in [1.165, 1.54) is 11.3 Å². The molecule has 1 unspecified atom stereocenters. The zero-order chi connectivity index (χ0) is 25.8. The molecule has 1 aliphatic rings. The van der Waals surface area contributed by atoms with E-state index in [-0.39, 0.29) is 11.9 Å². The van der Waals surface area contributed by atoms with Gasteiger partial charge < -0.3 is 15.0 Å². The average molecular weight is 514 g/mol. The molecule has 10 heteroatoms. The maximum absolute atomic E-state index is 12.9. The van der Waals surface area contributed by atoms with Crippen molar-refractivity contribution in [3.05, 3.63) is 65.5 Å². The number of methoxy groups -OCH3 is 1. The quantitative estimate of drug-likeness (QED) is 0.381. The van der Waals surface area contributed by atoms with Gasteiger partial charge >= 0.3 is 0 Å². The van der Waals surface area contributed by atoms with Crippen LogP contribution in [0.3, 0.4) is 0 Å². The van der Waals surface area contributed by atoms with Gasteiger partial charge in [-0.1, -0.05) is 12.1 Å². The Balaban J connectivity index is 1.14. The number of thiazole rings is 1. The van der Waals surface area contributed by atoms with Crippen molar-refractivity contribution in [3.63, 3.8) is 0 Å². The van der Waals surface area contributed by atoms with Crippen LogP contribution in [0.25, 0.3) is 22.5 Å². The number of carbonyl (C=O) groups is 1. The van der Waals surface area contributed by atoms with Crippen molar-refractivity contribution in [1.29, 1.82) is 5.26 Å². The third-order valence-electron chi connectivity index (χ3n) is 6.57. The van der Waals surface area contributed by atoms with Gasteiger partial charge in [-0.3, -0.25) is 14.8 Å². The molecule has 2 N–H and O–H groups in total. The lowest BCUT2D eigenvalue weighted by molar-refractivity contribution is -0.120. The second kappa shape index (κ2) is 10.8. The molecule has 1 amide bonds. The maximum atomic E-state index is 12.9. The van der Waals surface area contributed by atoms with Crippen molar-refractivity contribution in [2.75, 3.05) is 43.5 Å². The second-order valence-electron chi connectivity index (χ2n) is 8.78. The van der Waals surface area contributed by atoms with Crippen LogP contribution in [-0.2, 0) is 4.79 Å². The van der Waals surface area contributed by atoms with Gasteiger partial charge in [0.15, 0.2) is 10.9 Å². The molecule has 188 valence electrons. The van der Waals surface area contributed by atoms with E-state index in [0.29, 0.717) is 10.7 Å². The Morgan fingerprint density at radius 1 is 1.11 bits per heavy atom. The van der Waals surface area contributed by atoms with Gasteiger partial charge in [0.05, 0.1) is 36.2 Å². The first kappa shape index (κ1) is 24.5. The highest BCUT2D eigenvalue weighted by Gasteiger charge is 2.27. The van der Waals surface area contributed by atoms with Crippen molar-refractivity contribution in [3.8, 4) is 34.3 Å². The number of nitrogens with zero attached hydrogens (tertiary/aromatic N) is 5. The zero-order valence-corrected chi connectivity index (χ0v) is 21.5. The highest BCUT2D eigenvalue weighted by Crippen LogP contribution is 2.27. The molecule has 0 bridgehead atoms. The molecule has 1 saturated heterocycles. The highest BCUT2D eigenvalue weighted by molar-refractivity contribution is 7.14. The van der Waals surface area contributed by atoms with Crippen LogP contribution in [0.15, 0.2) is 60.0 Å². The molecule has 9 nitrogen and oxygen atoms in total. The standard InChI is InChI=1S/C27H27N7O2S/c1-18(26(35)30-27-29-24(17-37-27)21-7-9-22(36-2)10-8-21)33-11-13-34(14-12-33)25-15-23(31-32-25)20-5-3-19(16-28)4-6-20/h3-10,15,17-18H,11-14H2,1-2H3,(H,31,32)(H,29,30,35). The van der Waals surface area contributed by atoms with Gasteiger partial charge in [-0.15, -0.1) is 11.3 Å². The van der Waals surface area contributed by atoms with Crippen molar-refractivity contribution in [2.24, 2.45) is 0 Å². The maximum Gasteiger partial charge on any atom is 0.243 e. The van der Waals surface area contributed by atoms with Gasteiger partial charge in [0.1, 0.15) is 5.75 Å². The third-order valence-corrected chi connectivity index (χ3v) is 7.33. The summed E-state index contributed by atoms with van der Waals surface area (Å²) in [7, 11) is 1.64. The molecule has 0 spiro atoms. The number of piperazine rings is 1. The molecule has 0 radical (unpaired) electrons. The summed E-state index contributed by atoms with van der Waals surface area (Å²) < 4.78 is 5.21. The predicted molar refractivity (Wildman–Crippen MR) is 145 cm³/mol. The number of aromatic amines is 1. The smallest absolute Gasteiger partial charge is 0.243 e. The number of rotatable bonds is 7. The van der Waals surface area contributed by atoms with Crippen LogP contribution in [0.2, 0.25) is 0 Å². The summed E-state index contributed by atoms with van der Waals surface area (Å²) in [6, 6.07) is 19.0. The topological polar surface area (TPSA) is 110 Å². The summed E-state index contributed by atoms with van der Waals surface area (Å²) in [5.74, 6) is 1.61. The lowest BCUT2D eigenvalue weighted by atomic mass is 10.1. The van der Waals surface area contributed by atoms with Crippen molar-refractivity contribution in [1.82, 2.24) is 20.1 Å². The van der Waals surface area contributed by atoms with Gasteiger partial charge in [-0.2, -0.15) is 10.4 Å². The van der Waals surface area contributed by atoms with E-state index >= 15 is 0 Å². The van der Waals surface area contributed by atoms with E-state index in [2.05, 4.69) is 36.4 Å². The molecule has 3 heterocycles. The van der Waals surface area contributed by atoms with Gasteiger partial charge in [-0.25, -0.2) is 4.98 Å². The lowest BCUT2D eigenvalue weighted by Crippen LogP contribution is -2.53. The lowest BCUT2D eigenvalue weighted by Gasteiger charge is -2.37. The molecule has 4 aromatic rings. The van der Waals surface area contributed by atoms with Crippen LogP contribution < -0.4 is 15.0 Å². The number of hydrogen-bond acceptors (Lipinski definition) is 8. The number of nitrogens with one attached hydrogen (secondary N) is 2. The monoisotopic (exact) mass is 513 g/mol. The van der Waals surface area contributed by atoms with Crippen LogP contribution in [0, 0.1) is 11.3 Å². The summed E-state index contributed by atoms with van der Waals surface area (Å²) >= 11 is 1.42. The first-order chi connectivity index (χ1) is 18.0. The Labute approximate surface area is 219 Å². The van der Waals surface area contributed by atoms with Crippen LogP contribution >= 0.6 is 11.3 Å². The average Bonchev–Trinajstić information content (AvgIpc) is 3.63. The summed E-state index contributed by atoms with van der Waals surface area (Å²) in [6.45, 7) is 4.98. The van der Waals surface area contributed by atoms with Gasteiger partial charge in [-0.05, 0) is 48.9 Å². The van der Waals surface area contributed by atoms with E-state index in [4.69, 9.17) is 10.00 Å². The van der Waals surface area contributed by atoms with E-state index in [1.54, 1.807) is 19.2 Å². The zero-order valence-electron chi connectivity index (χ0n) is 20.6. The van der Waals surface area contributed by atoms with Gasteiger partial charge in [0, 0.05) is 43.2 Å². The fraction of sp³-hybridized carbons (Fsp3) is 0.259. The van der Waals surface area contributed by atoms with Crippen LogP contribution in [-0.4, -0.2) is 65.3 Å². The molecule has 37 heavy (non-hydrogen) atoms. The molecule has 5 rings (SSSR count). The summed E-state index contributed by atoms with van der Waals surface area (Å²) in [5.41, 5.74) is 4.32. The molecule has 1 atom stereocenters. The van der Waals surface area contributed by atoms with Crippen molar-refractivity contribution < 1.29 is 9.53 Å². The number of H-pyrrole nitrogens is 1. The van der Waals surface area contributed by atoms with E-state index in [1.807, 2.05) is 54.8 Å². The molecule has 1 fully saturated rings. The minimum Gasteiger partial charge on any atom is -0.497 e. The Hall–Kier alpha value is -4.20. The van der Waals surface area contributed by atoms with Crippen LogP contribution in [0.1, 0.15) is 12.5 Å². The Morgan fingerprint density at radius 2 is 1.81 bits per heavy atom. The Morgan fingerprint density at radius 3 is 2.49 bits per heavy atom. The number of hydrogen-bond donors (Lipinski definition) is 2. The summed E-state index contributed by atoms with van der Waals surface area (Å²) in [4.78, 5) is 21.9. The predicted octanol–water partition coefficient (Wildman–Crippen LogP) is 4.23. The van der Waals surface area contributed by atoms with Gasteiger partial charge in [0.25, 0.3) is 0 Å². The van der Waals surface area contributed by atoms with E-state index < -0.39 is 0 Å². The van der Waals surface area contributed by atoms with Gasteiger partial charge in [0.2, 0.25) is 5.91 Å². The largest absolute Gasteiger partial charge is 0.497 e. The third kappa shape index (κ3) is 5.48. The first-order valence-corrected chi connectivity index (χ1v) is 12.9. The number of aromatic nitrogens is 3. The molecular weight excluding hydrogens is 486 g/mol. The minimum atomic E-state index is -0.274. The first-order valence-electron chi connectivity index (χ1n) is 12.0. The number of anilines is 2. The molecule has 1 aliphatic heterocycles. The van der Waals surface area contributed by atoms with E-state index in [9.17, 15) is 4.79 Å². The molecular formula is C27H27N7O2S. The minimum absolute atomic E-state index is 0.0630. The Bertz CT molecular complexity index is 1400. The SMILES string of the molecule is COc1ccc(-c2csc(NC(=O)C(C)N3CCN(c4cc(-c5ccc(C#N)cc5)[nH]n4)CC3)n2)cc1. The van der Waals surface area contributed by atoms with Crippen molar-refractivity contribution in [2.45, 2.75) is 13.0 Å². The van der Waals surface area contributed by atoms with E-state index in [0.717, 1.165) is 60.3 Å². The fourth-order valence-corrected chi connectivity index (χ4v) is 5.01. The number of carbonyl (C=O) groups excluding carboxylic acids is 1. The highest BCUT2D eigenvalue weighted by atomic mass is 32.1. The number of amides is 1. The fourth-order valence-electron chi connectivity index (χ4n) is 4.28. The van der Waals surface area contributed by atoms with Crippen molar-refractivity contribution >= 4 is 28.2 Å². The second-order valence-corrected chi connectivity index (χ2v) is 9.64. The number of benzene rings is 2. The summed E-state index contributed by atoms with van der Waals surface area (Å²) in [6.07, 6.45) is 0. The Kier molecular flexibility index (Phi) is 7.16. The van der Waals surface area contributed by atoms with Crippen LogP contribution in [0.4, 0.5) is 10.9 Å². The number of nitriles is 1. The molecule has 0 saturated carbocycles. The molecule has 2 aromatic heterocycles.